The number of nitrogens with zero attached hydrogens (tertiary/aromatic N) is 2. The Labute approximate surface area is 131 Å². The van der Waals surface area contributed by atoms with Gasteiger partial charge in [-0.1, -0.05) is 5.16 Å². The lowest BCUT2D eigenvalue weighted by Gasteiger charge is -2.23. The van der Waals surface area contributed by atoms with Gasteiger partial charge in [0.15, 0.2) is 5.76 Å². The summed E-state index contributed by atoms with van der Waals surface area (Å²) in [5.41, 5.74) is 7.85. The summed E-state index contributed by atoms with van der Waals surface area (Å²) >= 11 is 3.36. The Balaban J connectivity index is 1.87. The third-order valence-corrected chi connectivity index (χ3v) is 4.42. The molecule has 1 aliphatic heterocycles. The minimum atomic E-state index is -0.0324. The van der Waals surface area contributed by atoms with Crippen molar-refractivity contribution in [2.75, 3.05) is 12.3 Å². The Morgan fingerprint density at radius 1 is 1.48 bits per heavy atom. The van der Waals surface area contributed by atoms with E-state index in [-0.39, 0.29) is 11.9 Å². The second-order valence-corrected chi connectivity index (χ2v) is 6.12. The second-order valence-electron chi connectivity index (χ2n) is 5.26. The van der Waals surface area contributed by atoms with Gasteiger partial charge in [-0.3, -0.25) is 4.79 Å². The van der Waals surface area contributed by atoms with Crippen molar-refractivity contribution < 1.29 is 9.32 Å². The molecule has 1 unspecified atom stereocenters. The zero-order chi connectivity index (χ0) is 15.0. The van der Waals surface area contributed by atoms with Crippen molar-refractivity contribution in [1.29, 1.82) is 0 Å². The SMILES string of the molecule is Cc1cc(C2CCCN2C(=O)c2ccc(N)c(Br)c2)on1. The first-order chi connectivity index (χ1) is 10.1. The maximum atomic E-state index is 12.7. The number of carbonyl (C=O) groups is 1. The van der Waals surface area contributed by atoms with Crippen LogP contribution in [0.3, 0.4) is 0 Å². The highest BCUT2D eigenvalue weighted by molar-refractivity contribution is 9.10. The van der Waals surface area contributed by atoms with E-state index in [0.29, 0.717) is 11.3 Å². The van der Waals surface area contributed by atoms with Crippen LogP contribution in [0.15, 0.2) is 33.3 Å². The summed E-state index contributed by atoms with van der Waals surface area (Å²) in [6.45, 7) is 2.61. The molecule has 6 heteroatoms. The minimum absolute atomic E-state index is 0.00717. The van der Waals surface area contributed by atoms with Crippen molar-refractivity contribution in [1.82, 2.24) is 10.1 Å². The van der Waals surface area contributed by atoms with Crippen LogP contribution >= 0.6 is 15.9 Å². The second kappa shape index (κ2) is 5.52. The van der Waals surface area contributed by atoms with Gasteiger partial charge in [-0.25, -0.2) is 0 Å². The fourth-order valence-corrected chi connectivity index (χ4v) is 3.05. The van der Waals surface area contributed by atoms with Gasteiger partial charge in [0.25, 0.3) is 5.91 Å². The monoisotopic (exact) mass is 349 g/mol. The number of benzene rings is 1. The van der Waals surface area contributed by atoms with Crippen LogP contribution in [0.25, 0.3) is 0 Å². The Morgan fingerprint density at radius 2 is 2.29 bits per heavy atom. The fourth-order valence-electron chi connectivity index (χ4n) is 2.67. The first-order valence-corrected chi connectivity index (χ1v) is 7.65. The highest BCUT2D eigenvalue weighted by atomic mass is 79.9. The molecule has 2 aromatic rings. The van der Waals surface area contributed by atoms with E-state index in [0.717, 1.165) is 35.3 Å². The number of hydrogen-bond acceptors (Lipinski definition) is 4. The Bertz CT molecular complexity index is 683. The maximum absolute atomic E-state index is 12.7. The van der Waals surface area contributed by atoms with E-state index < -0.39 is 0 Å². The van der Waals surface area contributed by atoms with E-state index in [9.17, 15) is 4.79 Å². The lowest BCUT2D eigenvalue weighted by atomic mass is 10.1. The van der Waals surface area contributed by atoms with E-state index in [1.54, 1.807) is 18.2 Å². The third kappa shape index (κ3) is 2.68. The average molecular weight is 350 g/mol. The molecule has 0 spiro atoms. The van der Waals surface area contributed by atoms with E-state index in [1.807, 2.05) is 17.9 Å². The van der Waals surface area contributed by atoms with E-state index >= 15 is 0 Å². The molecule has 0 radical (unpaired) electrons. The number of anilines is 1. The number of nitrogens with two attached hydrogens (primary N) is 1. The number of rotatable bonds is 2. The maximum Gasteiger partial charge on any atom is 0.254 e. The smallest absolute Gasteiger partial charge is 0.254 e. The molecule has 2 N–H and O–H groups in total. The molecule has 1 saturated heterocycles. The fraction of sp³-hybridized carbons (Fsp3) is 0.333. The normalized spacial score (nSPS) is 18.2. The van der Waals surface area contributed by atoms with Gasteiger partial charge < -0.3 is 15.2 Å². The third-order valence-electron chi connectivity index (χ3n) is 3.74. The van der Waals surface area contributed by atoms with Gasteiger partial charge in [0.2, 0.25) is 0 Å². The van der Waals surface area contributed by atoms with Crippen molar-refractivity contribution >= 4 is 27.5 Å². The molecule has 1 amide bonds. The largest absolute Gasteiger partial charge is 0.398 e. The van der Waals surface area contributed by atoms with Crippen LogP contribution in [0.5, 0.6) is 0 Å². The summed E-state index contributed by atoms with van der Waals surface area (Å²) in [5, 5.41) is 3.92. The van der Waals surface area contributed by atoms with Gasteiger partial charge >= 0.3 is 0 Å². The van der Waals surface area contributed by atoms with Gasteiger partial charge in [0.05, 0.1) is 11.7 Å². The van der Waals surface area contributed by atoms with Crippen molar-refractivity contribution in [2.45, 2.75) is 25.8 Å². The van der Waals surface area contributed by atoms with E-state index in [2.05, 4.69) is 21.1 Å². The standard InChI is InChI=1S/C15H16BrN3O2/c1-9-7-14(21-18-9)13-3-2-6-19(13)15(20)10-4-5-12(17)11(16)8-10/h4-5,7-8,13H,2-3,6,17H2,1H3. The molecule has 110 valence electrons. The molecule has 1 atom stereocenters. The van der Waals surface area contributed by atoms with Crippen molar-refractivity contribution in [3.8, 4) is 0 Å². The highest BCUT2D eigenvalue weighted by Crippen LogP contribution is 2.34. The van der Waals surface area contributed by atoms with Gasteiger partial charge in [-0.15, -0.1) is 0 Å². The number of likely N-dealkylation sites (tertiary alicyclic amines) is 1. The molecule has 1 fully saturated rings. The molecule has 2 heterocycles. The number of amides is 1. The molecule has 0 aliphatic carbocycles. The van der Waals surface area contributed by atoms with Gasteiger partial charge in [0, 0.05) is 28.3 Å². The van der Waals surface area contributed by atoms with Gasteiger partial charge in [0.1, 0.15) is 0 Å². The molecular weight excluding hydrogens is 334 g/mol. The molecular formula is C15H16BrN3O2. The van der Waals surface area contributed by atoms with E-state index in [1.165, 1.54) is 0 Å². The van der Waals surface area contributed by atoms with Crippen LogP contribution in [0.2, 0.25) is 0 Å². The van der Waals surface area contributed by atoms with Gasteiger partial charge in [-0.2, -0.15) is 0 Å². The Morgan fingerprint density at radius 3 is 2.95 bits per heavy atom. The molecule has 1 aliphatic rings. The first kappa shape index (κ1) is 14.1. The lowest BCUT2D eigenvalue weighted by Crippen LogP contribution is -2.30. The van der Waals surface area contributed by atoms with Crippen LogP contribution in [0.4, 0.5) is 5.69 Å². The van der Waals surface area contributed by atoms with Gasteiger partial charge in [-0.05, 0) is 53.9 Å². The lowest BCUT2D eigenvalue weighted by molar-refractivity contribution is 0.0714. The number of hydrogen-bond donors (Lipinski definition) is 1. The molecule has 1 aromatic heterocycles. The van der Waals surface area contributed by atoms with Crippen LogP contribution in [-0.2, 0) is 0 Å². The summed E-state index contributed by atoms with van der Waals surface area (Å²) in [4.78, 5) is 14.5. The summed E-state index contributed by atoms with van der Waals surface area (Å²) in [5.74, 6) is 0.750. The number of carbonyl (C=O) groups excluding carboxylic acids is 1. The zero-order valence-electron chi connectivity index (χ0n) is 11.7. The van der Waals surface area contributed by atoms with Crippen molar-refractivity contribution in [2.24, 2.45) is 0 Å². The molecule has 1 aromatic carbocycles. The molecule has 0 bridgehead atoms. The number of nitrogen functional groups attached to an aromatic ring is 1. The number of aryl methyl sites for hydroxylation is 1. The van der Waals surface area contributed by atoms with Crippen LogP contribution < -0.4 is 5.73 Å². The summed E-state index contributed by atoms with van der Waals surface area (Å²) < 4.78 is 6.07. The summed E-state index contributed by atoms with van der Waals surface area (Å²) in [6.07, 6.45) is 1.86. The van der Waals surface area contributed by atoms with Crippen molar-refractivity contribution in [3.05, 3.63) is 45.8 Å². The number of halogens is 1. The summed E-state index contributed by atoms with van der Waals surface area (Å²) in [7, 11) is 0. The van der Waals surface area contributed by atoms with Crippen LogP contribution in [-0.4, -0.2) is 22.5 Å². The quantitative estimate of drug-likeness (QED) is 0.844. The molecule has 21 heavy (non-hydrogen) atoms. The molecule has 0 saturated carbocycles. The van der Waals surface area contributed by atoms with Crippen LogP contribution in [0.1, 0.15) is 40.7 Å². The first-order valence-electron chi connectivity index (χ1n) is 6.85. The molecule has 3 rings (SSSR count). The molecule has 5 nitrogen and oxygen atoms in total. The zero-order valence-corrected chi connectivity index (χ0v) is 13.3. The predicted molar refractivity (Wildman–Crippen MR) is 82.8 cm³/mol. The minimum Gasteiger partial charge on any atom is -0.398 e. The topological polar surface area (TPSA) is 72.4 Å². The van der Waals surface area contributed by atoms with E-state index in [4.69, 9.17) is 10.3 Å². The summed E-state index contributed by atoms with van der Waals surface area (Å²) in [6, 6.07) is 7.12. The Kier molecular flexibility index (Phi) is 3.71. The van der Waals surface area contributed by atoms with Crippen LogP contribution in [0, 0.1) is 6.92 Å². The highest BCUT2D eigenvalue weighted by Gasteiger charge is 2.33. The Hall–Kier alpha value is -1.82. The predicted octanol–water partition coefficient (Wildman–Crippen LogP) is 3.31. The van der Waals surface area contributed by atoms with Crippen molar-refractivity contribution in [3.63, 3.8) is 0 Å². The number of aromatic nitrogens is 1. The average Bonchev–Trinajstić information content (AvgIpc) is 3.09.